The van der Waals surface area contributed by atoms with Crippen LogP contribution in [0.1, 0.15) is 12.5 Å². The molecule has 2 N–H and O–H groups in total. The predicted molar refractivity (Wildman–Crippen MR) is 89.0 cm³/mol. The molecule has 0 unspecified atom stereocenters. The van der Waals surface area contributed by atoms with E-state index in [9.17, 15) is 8.42 Å². The average molecular weight is 365 g/mol. The second-order valence-electron chi connectivity index (χ2n) is 4.26. The average Bonchev–Trinajstić information content (AvgIpc) is 2.91. The van der Waals surface area contributed by atoms with Crippen molar-refractivity contribution in [3.8, 4) is 0 Å². The molecule has 114 valence electrons. The summed E-state index contributed by atoms with van der Waals surface area (Å²) in [4.78, 5) is 0. The summed E-state index contributed by atoms with van der Waals surface area (Å²) in [6.07, 6.45) is 0. The van der Waals surface area contributed by atoms with Crippen LogP contribution in [-0.4, -0.2) is 15.0 Å². The Balaban J connectivity index is 2.22. The Morgan fingerprint density at radius 1 is 1.29 bits per heavy atom. The molecule has 4 nitrogen and oxygen atoms in total. The molecule has 0 saturated heterocycles. The standard InChI is InChI=1S/C13H14Cl2N2O2S2/c1-2-16-7-9-6-12(20-8-9)21(18,19)17-11-5-3-4-10(14)13(11)15/h3-6,8,16-17H,2,7H2,1H3. The topological polar surface area (TPSA) is 58.2 Å². The lowest BCUT2D eigenvalue weighted by Crippen LogP contribution is -2.13. The molecule has 0 aliphatic carbocycles. The van der Waals surface area contributed by atoms with Crippen LogP contribution in [0.5, 0.6) is 0 Å². The van der Waals surface area contributed by atoms with Crippen LogP contribution in [0.25, 0.3) is 0 Å². The van der Waals surface area contributed by atoms with Gasteiger partial charge in [0.25, 0.3) is 10.0 Å². The molecule has 1 aromatic carbocycles. The Morgan fingerprint density at radius 3 is 2.76 bits per heavy atom. The van der Waals surface area contributed by atoms with Gasteiger partial charge in [-0.05, 0) is 35.7 Å². The molecule has 0 amide bonds. The first kappa shape index (κ1) is 16.6. The van der Waals surface area contributed by atoms with E-state index in [2.05, 4.69) is 10.0 Å². The number of thiophene rings is 1. The first-order valence-electron chi connectivity index (χ1n) is 6.19. The van der Waals surface area contributed by atoms with Crippen LogP contribution >= 0.6 is 34.5 Å². The highest BCUT2D eigenvalue weighted by molar-refractivity contribution is 7.94. The fourth-order valence-corrected chi connectivity index (χ4v) is 4.32. The number of halogens is 2. The molecule has 2 aromatic rings. The number of sulfonamides is 1. The van der Waals surface area contributed by atoms with Gasteiger partial charge in [0.1, 0.15) is 4.21 Å². The van der Waals surface area contributed by atoms with E-state index in [-0.39, 0.29) is 14.9 Å². The smallest absolute Gasteiger partial charge is 0.271 e. The second-order valence-corrected chi connectivity index (χ2v) is 7.87. The van der Waals surface area contributed by atoms with E-state index in [0.717, 1.165) is 12.1 Å². The second kappa shape index (κ2) is 6.98. The summed E-state index contributed by atoms with van der Waals surface area (Å²) in [5.74, 6) is 0. The van der Waals surface area contributed by atoms with Crippen molar-refractivity contribution < 1.29 is 8.42 Å². The van der Waals surface area contributed by atoms with Crippen molar-refractivity contribution in [2.75, 3.05) is 11.3 Å². The molecule has 1 heterocycles. The van der Waals surface area contributed by atoms with E-state index in [0.29, 0.717) is 11.6 Å². The van der Waals surface area contributed by atoms with Crippen molar-refractivity contribution in [2.45, 2.75) is 17.7 Å². The Kier molecular flexibility index (Phi) is 5.51. The van der Waals surface area contributed by atoms with Crippen molar-refractivity contribution >= 4 is 50.2 Å². The van der Waals surface area contributed by atoms with E-state index in [4.69, 9.17) is 23.2 Å². The molecule has 1 aromatic heterocycles. The molecule has 2 rings (SSSR count). The molecule has 21 heavy (non-hydrogen) atoms. The summed E-state index contributed by atoms with van der Waals surface area (Å²) < 4.78 is 27.4. The predicted octanol–water partition coefficient (Wildman–Crippen LogP) is 3.97. The number of benzene rings is 1. The van der Waals surface area contributed by atoms with Gasteiger partial charge in [0.15, 0.2) is 0 Å². The zero-order valence-corrected chi connectivity index (χ0v) is 14.3. The molecule has 0 radical (unpaired) electrons. The maximum atomic E-state index is 12.3. The molecular formula is C13H14Cl2N2O2S2. The first-order chi connectivity index (χ1) is 9.94. The molecule has 0 fully saturated rings. The van der Waals surface area contributed by atoms with Crippen LogP contribution in [0.2, 0.25) is 10.0 Å². The third-order valence-electron chi connectivity index (χ3n) is 2.67. The van der Waals surface area contributed by atoms with E-state index >= 15 is 0 Å². The zero-order chi connectivity index (χ0) is 15.5. The monoisotopic (exact) mass is 364 g/mol. The summed E-state index contributed by atoms with van der Waals surface area (Å²) in [6.45, 7) is 3.46. The van der Waals surface area contributed by atoms with Gasteiger partial charge in [0, 0.05) is 6.54 Å². The lowest BCUT2D eigenvalue weighted by atomic mass is 10.3. The van der Waals surface area contributed by atoms with Crippen LogP contribution in [-0.2, 0) is 16.6 Å². The minimum atomic E-state index is -3.66. The highest BCUT2D eigenvalue weighted by atomic mass is 35.5. The Morgan fingerprint density at radius 2 is 2.05 bits per heavy atom. The van der Waals surface area contributed by atoms with Gasteiger partial charge in [-0.25, -0.2) is 8.42 Å². The van der Waals surface area contributed by atoms with Gasteiger partial charge in [-0.2, -0.15) is 0 Å². The molecule has 0 aliphatic rings. The van der Waals surface area contributed by atoms with E-state index in [1.807, 2.05) is 12.3 Å². The van der Waals surface area contributed by atoms with Crippen molar-refractivity contribution in [1.29, 1.82) is 0 Å². The summed E-state index contributed by atoms with van der Waals surface area (Å²) in [5.41, 5.74) is 1.20. The molecule has 8 heteroatoms. The maximum absolute atomic E-state index is 12.3. The van der Waals surface area contributed by atoms with Crippen LogP contribution in [0.15, 0.2) is 33.9 Å². The van der Waals surface area contributed by atoms with Crippen LogP contribution in [0.4, 0.5) is 5.69 Å². The molecule has 0 atom stereocenters. The van der Waals surface area contributed by atoms with E-state index in [1.54, 1.807) is 24.3 Å². The lowest BCUT2D eigenvalue weighted by molar-refractivity contribution is 0.603. The molecule has 0 aliphatic heterocycles. The fourth-order valence-electron chi connectivity index (χ4n) is 1.63. The summed E-state index contributed by atoms with van der Waals surface area (Å²) in [5, 5.41) is 5.45. The number of nitrogens with one attached hydrogen (secondary N) is 2. The van der Waals surface area contributed by atoms with Crippen molar-refractivity contribution in [1.82, 2.24) is 5.32 Å². The van der Waals surface area contributed by atoms with Gasteiger partial charge in [0.05, 0.1) is 15.7 Å². The minimum Gasteiger partial charge on any atom is -0.313 e. The van der Waals surface area contributed by atoms with Gasteiger partial charge in [-0.3, -0.25) is 4.72 Å². The summed E-state index contributed by atoms with van der Waals surface area (Å²) in [6, 6.07) is 6.45. The minimum absolute atomic E-state index is 0.187. The van der Waals surface area contributed by atoms with Gasteiger partial charge in [-0.15, -0.1) is 11.3 Å². The highest BCUT2D eigenvalue weighted by Crippen LogP contribution is 2.32. The lowest BCUT2D eigenvalue weighted by Gasteiger charge is -2.08. The Bertz CT molecular complexity index is 730. The van der Waals surface area contributed by atoms with Crippen molar-refractivity contribution in [2.24, 2.45) is 0 Å². The maximum Gasteiger partial charge on any atom is 0.271 e. The normalized spacial score (nSPS) is 11.6. The van der Waals surface area contributed by atoms with Crippen molar-refractivity contribution in [3.05, 3.63) is 45.3 Å². The van der Waals surface area contributed by atoms with E-state index < -0.39 is 10.0 Å². The summed E-state index contributed by atoms with van der Waals surface area (Å²) in [7, 11) is -3.66. The van der Waals surface area contributed by atoms with Gasteiger partial charge < -0.3 is 5.32 Å². The molecule has 0 spiro atoms. The number of hydrogen-bond donors (Lipinski definition) is 2. The van der Waals surface area contributed by atoms with Crippen LogP contribution < -0.4 is 10.0 Å². The molecule has 0 bridgehead atoms. The van der Waals surface area contributed by atoms with E-state index in [1.165, 1.54) is 11.3 Å². The zero-order valence-electron chi connectivity index (χ0n) is 11.2. The largest absolute Gasteiger partial charge is 0.313 e. The third-order valence-corrected chi connectivity index (χ3v) is 6.34. The quantitative estimate of drug-likeness (QED) is 0.815. The van der Waals surface area contributed by atoms with Gasteiger partial charge >= 0.3 is 0 Å². The third kappa shape index (κ3) is 4.11. The summed E-state index contributed by atoms with van der Waals surface area (Å²) >= 11 is 13.0. The van der Waals surface area contributed by atoms with Crippen LogP contribution in [0.3, 0.4) is 0 Å². The number of anilines is 1. The number of hydrogen-bond acceptors (Lipinski definition) is 4. The van der Waals surface area contributed by atoms with Gasteiger partial charge in [0.2, 0.25) is 0 Å². The fraction of sp³-hybridized carbons (Fsp3) is 0.231. The number of rotatable bonds is 6. The highest BCUT2D eigenvalue weighted by Gasteiger charge is 2.18. The first-order valence-corrected chi connectivity index (χ1v) is 9.31. The SMILES string of the molecule is CCNCc1csc(S(=O)(=O)Nc2cccc(Cl)c2Cl)c1. The van der Waals surface area contributed by atoms with Crippen molar-refractivity contribution in [3.63, 3.8) is 0 Å². The van der Waals surface area contributed by atoms with Crippen LogP contribution in [0, 0.1) is 0 Å². The molecule has 0 saturated carbocycles. The Hall–Kier alpha value is -0.790. The molecular weight excluding hydrogens is 351 g/mol. The Labute approximate surface area is 138 Å². The van der Waals surface area contributed by atoms with Gasteiger partial charge in [-0.1, -0.05) is 36.2 Å².